The maximum atomic E-state index is 11.9. The van der Waals surface area contributed by atoms with Crippen molar-refractivity contribution < 1.29 is 37.0 Å². The third kappa shape index (κ3) is 6.23. The minimum atomic E-state index is -4.05. The summed E-state index contributed by atoms with van der Waals surface area (Å²) < 4.78 is 37.7. The van der Waals surface area contributed by atoms with Crippen LogP contribution in [0.25, 0.3) is 0 Å². The number of carbonyl (C=O) groups is 2. The van der Waals surface area contributed by atoms with E-state index in [9.17, 15) is 23.1 Å². The number of hydrogen-bond acceptors (Lipinski definition) is 6. The first-order chi connectivity index (χ1) is 13.6. The van der Waals surface area contributed by atoms with Crippen LogP contribution in [0.4, 0.5) is 0 Å². The molecule has 0 fully saturated rings. The first-order valence-corrected chi connectivity index (χ1v) is 11.0. The van der Waals surface area contributed by atoms with Gasteiger partial charge in [-0.05, 0) is 31.6 Å². The van der Waals surface area contributed by atoms with Crippen LogP contribution in [0, 0.1) is 0 Å². The molecule has 0 amide bonds. The average Bonchev–Trinajstić information content (AvgIpc) is 2.66. The van der Waals surface area contributed by atoms with Crippen molar-refractivity contribution in [2.45, 2.75) is 33.1 Å². The van der Waals surface area contributed by atoms with E-state index in [4.69, 9.17) is 9.29 Å². The molecule has 0 heterocycles. The highest BCUT2D eigenvalue weighted by Gasteiger charge is 2.32. The van der Waals surface area contributed by atoms with Crippen molar-refractivity contribution >= 4 is 27.6 Å². The third-order valence-electron chi connectivity index (χ3n) is 4.63. The van der Waals surface area contributed by atoms with E-state index >= 15 is 0 Å². The second-order valence-electron chi connectivity index (χ2n) is 6.76. The van der Waals surface area contributed by atoms with Crippen LogP contribution in [0.5, 0.6) is 0 Å². The summed E-state index contributed by atoms with van der Waals surface area (Å²) in [5, 5.41) is 9.87. The molecule has 8 nitrogen and oxygen atoms in total. The highest BCUT2D eigenvalue weighted by Crippen LogP contribution is 2.32. The summed E-state index contributed by atoms with van der Waals surface area (Å²) in [6, 6.07) is 0. The number of rotatable bonds is 9. The summed E-state index contributed by atoms with van der Waals surface area (Å²) in [6.07, 6.45) is 7.95. The van der Waals surface area contributed by atoms with Crippen molar-refractivity contribution in [1.29, 1.82) is 0 Å². The molecule has 0 aromatic rings. The molecule has 0 unspecified atom stereocenters. The Bertz CT molecular complexity index is 931. The Hall–Kier alpha value is -2.52. The fourth-order valence-corrected chi connectivity index (χ4v) is 3.58. The largest absolute Gasteiger partial charge is 0.507 e. The van der Waals surface area contributed by atoms with Gasteiger partial charge in [-0.15, -0.1) is 0 Å². The van der Waals surface area contributed by atoms with Gasteiger partial charge in [-0.2, -0.15) is 8.42 Å². The Morgan fingerprint density at radius 3 is 2.31 bits per heavy atom. The molecule has 0 aromatic heterocycles. The molecule has 2 aliphatic carbocycles. The number of allylic oxidation sites excluding steroid dienone is 7. The summed E-state index contributed by atoms with van der Waals surface area (Å²) >= 11 is 0. The lowest BCUT2D eigenvalue weighted by Gasteiger charge is -2.20. The van der Waals surface area contributed by atoms with Crippen LogP contribution in [0.3, 0.4) is 0 Å². The minimum Gasteiger partial charge on any atom is -0.507 e. The maximum Gasteiger partial charge on any atom is 0.306 e. The van der Waals surface area contributed by atoms with Crippen molar-refractivity contribution in [1.82, 2.24) is 0 Å². The maximum absolute atomic E-state index is 11.9. The van der Waals surface area contributed by atoms with E-state index in [0.29, 0.717) is 37.3 Å². The lowest BCUT2D eigenvalue weighted by atomic mass is 9.84. The second kappa shape index (κ2) is 9.80. The highest BCUT2D eigenvalue weighted by atomic mass is 32.2. The molecular weight excluding hydrogens is 398 g/mol. The average molecular weight is 424 g/mol. The van der Waals surface area contributed by atoms with Gasteiger partial charge in [0.15, 0.2) is 11.5 Å². The third-order valence-corrected chi connectivity index (χ3v) is 5.43. The summed E-state index contributed by atoms with van der Waals surface area (Å²) in [4.78, 5) is 23.4. The first kappa shape index (κ1) is 22.8. The molecule has 0 aromatic carbocycles. The first-order valence-electron chi connectivity index (χ1n) is 9.42. The quantitative estimate of drug-likeness (QED) is 0.251. The number of hydrogen-bond donors (Lipinski definition) is 2. The number of nitrogens with zero attached hydrogens (tertiary/aromatic N) is 1. The van der Waals surface area contributed by atoms with Gasteiger partial charge >= 0.3 is 5.97 Å². The van der Waals surface area contributed by atoms with Gasteiger partial charge in [-0.25, -0.2) is 4.58 Å². The van der Waals surface area contributed by atoms with Crippen LogP contribution < -0.4 is 0 Å². The van der Waals surface area contributed by atoms with Crippen LogP contribution in [0.15, 0.2) is 46.8 Å². The molecule has 0 saturated heterocycles. The number of aliphatic hydroxyl groups is 1. The van der Waals surface area contributed by atoms with Gasteiger partial charge in [-0.3, -0.25) is 14.1 Å². The molecule has 0 atom stereocenters. The van der Waals surface area contributed by atoms with Crippen molar-refractivity contribution in [3.8, 4) is 0 Å². The van der Waals surface area contributed by atoms with Crippen LogP contribution in [-0.2, 0) is 24.4 Å². The molecular formula is C20H26NO7S+. The molecule has 0 bridgehead atoms. The zero-order chi connectivity index (χ0) is 21.6. The van der Waals surface area contributed by atoms with E-state index in [-0.39, 0.29) is 41.7 Å². The van der Waals surface area contributed by atoms with E-state index in [2.05, 4.69) is 0 Å². The topological polar surface area (TPSA) is 121 Å². The predicted molar refractivity (Wildman–Crippen MR) is 108 cm³/mol. The van der Waals surface area contributed by atoms with E-state index in [1.165, 1.54) is 0 Å². The number of ether oxygens (including phenoxy) is 1. The Labute approximate surface area is 170 Å². The molecule has 9 heteroatoms. The SMILES string of the molecule is CCOC(=O)CCC[N+](CCCS(=O)(=O)O)=C1C=CC(=C2C(=O)C(C)=C2O)C=C1. The van der Waals surface area contributed by atoms with E-state index in [1.807, 2.05) is 4.58 Å². The number of Topliss-reactive ketones (excluding diaryl/α,β-unsaturated/α-hetero) is 1. The molecule has 2 aliphatic rings. The summed E-state index contributed by atoms with van der Waals surface area (Å²) in [5.41, 5.74) is 2.01. The molecule has 0 spiro atoms. The predicted octanol–water partition coefficient (Wildman–Crippen LogP) is 1.90. The van der Waals surface area contributed by atoms with Gasteiger partial charge in [0.1, 0.15) is 18.8 Å². The van der Waals surface area contributed by atoms with Crippen molar-refractivity contribution in [2.24, 2.45) is 0 Å². The van der Waals surface area contributed by atoms with Crippen molar-refractivity contribution in [3.63, 3.8) is 0 Å². The molecule has 29 heavy (non-hydrogen) atoms. The molecule has 0 aliphatic heterocycles. The number of aliphatic hydroxyl groups excluding tert-OH is 1. The zero-order valence-corrected chi connectivity index (χ0v) is 17.4. The van der Waals surface area contributed by atoms with Crippen molar-refractivity contribution in [2.75, 3.05) is 25.4 Å². The molecule has 2 rings (SSSR count). The molecule has 0 saturated carbocycles. The van der Waals surface area contributed by atoms with Crippen LogP contribution in [0.1, 0.15) is 33.1 Å². The fraction of sp³-hybridized carbons (Fsp3) is 0.450. The van der Waals surface area contributed by atoms with Gasteiger partial charge in [0, 0.05) is 30.6 Å². The van der Waals surface area contributed by atoms with Gasteiger partial charge in [0.05, 0.1) is 24.4 Å². The smallest absolute Gasteiger partial charge is 0.306 e. The standard InChI is InChI=1S/C20H25NO7S/c1-3-28-17(22)6-4-11-21(12-5-13-29(25,26)27)16-9-7-15(8-10-16)18-19(23)14(2)20(18)24/h7-10H,3-6,11-13H2,1-2H3,(H-,23,24,25,26,27)/p+1. The van der Waals surface area contributed by atoms with E-state index in [0.717, 1.165) is 5.71 Å². The van der Waals surface area contributed by atoms with E-state index < -0.39 is 10.1 Å². The van der Waals surface area contributed by atoms with Gasteiger partial charge in [0.25, 0.3) is 10.1 Å². The Balaban J connectivity index is 2.14. The van der Waals surface area contributed by atoms with Gasteiger partial charge in [-0.1, -0.05) is 0 Å². The normalized spacial score (nSPS) is 16.4. The fourth-order valence-electron chi connectivity index (χ4n) is 3.09. The summed E-state index contributed by atoms with van der Waals surface area (Å²) in [5.74, 6) is -0.834. The number of carbonyl (C=O) groups excluding carboxylic acids is 2. The monoisotopic (exact) mass is 424 g/mol. The Morgan fingerprint density at radius 2 is 1.76 bits per heavy atom. The molecule has 0 radical (unpaired) electrons. The van der Waals surface area contributed by atoms with Crippen LogP contribution >= 0.6 is 0 Å². The second-order valence-corrected chi connectivity index (χ2v) is 8.33. The lowest BCUT2D eigenvalue weighted by molar-refractivity contribution is -0.526. The van der Waals surface area contributed by atoms with Gasteiger partial charge in [0.2, 0.25) is 0 Å². The zero-order valence-electron chi connectivity index (χ0n) is 16.6. The molecule has 158 valence electrons. The Morgan fingerprint density at radius 1 is 1.14 bits per heavy atom. The summed E-state index contributed by atoms with van der Waals surface area (Å²) in [6.45, 7) is 4.47. The van der Waals surface area contributed by atoms with Crippen LogP contribution in [-0.4, -0.2) is 65.6 Å². The van der Waals surface area contributed by atoms with Crippen molar-refractivity contribution in [3.05, 3.63) is 46.8 Å². The molecule has 2 N–H and O–H groups in total. The van der Waals surface area contributed by atoms with Crippen LogP contribution in [0.2, 0.25) is 0 Å². The summed E-state index contributed by atoms with van der Waals surface area (Å²) in [7, 11) is -4.05. The Kier molecular flexibility index (Phi) is 7.69. The van der Waals surface area contributed by atoms with Gasteiger partial charge < -0.3 is 9.84 Å². The highest BCUT2D eigenvalue weighted by molar-refractivity contribution is 7.85. The number of esters is 1. The lowest BCUT2D eigenvalue weighted by Crippen LogP contribution is -2.25. The van der Waals surface area contributed by atoms with E-state index in [1.54, 1.807) is 38.2 Å². The minimum absolute atomic E-state index is 0.00203. The number of ketones is 1.